The Bertz CT molecular complexity index is 288. The van der Waals surface area contributed by atoms with E-state index in [0.29, 0.717) is 6.42 Å². The lowest BCUT2D eigenvalue weighted by atomic mass is 10.0. The lowest BCUT2D eigenvalue weighted by Crippen LogP contribution is -2.05. The third kappa shape index (κ3) is 3.08. The second kappa shape index (κ2) is 4.72. The predicted octanol–water partition coefficient (Wildman–Crippen LogP) is 2.76. The average Bonchev–Trinajstić information content (AvgIpc) is 2.11. The Hall–Kier alpha value is -0.410. The molecule has 0 saturated carbocycles. The third-order valence-electron chi connectivity index (χ3n) is 1.89. The highest BCUT2D eigenvalue weighted by Crippen LogP contribution is 2.20. The second-order valence-corrected chi connectivity index (χ2v) is 4.08. The van der Waals surface area contributed by atoms with Crippen LogP contribution >= 0.6 is 15.9 Å². The van der Waals surface area contributed by atoms with E-state index in [1.165, 1.54) is 12.1 Å². The normalized spacial score (nSPS) is 12.9. The maximum atomic E-state index is 12.8. The SMILES string of the molecule is CC(CO)Cc1cc(F)ccc1Br. The van der Waals surface area contributed by atoms with Crippen molar-refractivity contribution in [2.45, 2.75) is 13.3 Å². The average molecular weight is 247 g/mol. The maximum absolute atomic E-state index is 12.8. The molecule has 3 heteroatoms. The van der Waals surface area contributed by atoms with Gasteiger partial charge in [-0.2, -0.15) is 0 Å². The van der Waals surface area contributed by atoms with Crippen molar-refractivity contribution in [3.63, 3.8) is 0 Å². The van der Waals surface area contributed by atoms with Crippen molar-refractivity contribution in [1.82, 2.24) is 0 Å². The van der Waals surface area contributed by atoms with Gasteiger partial charge in [-0.15, -0.1) is 0 Å². The molecule has 1 atom stereocenters. The van der Waals surface area contributed by atoms with E-state index < -0.39 is 0 Å². The number of hydrogen-bond acceptors (Lipinski definition) is 1. The molecular formula is C10H12BrFO. The van der Waals surface area contributed by atoms with E-state index in [0.717, 1.165) is 10.0 Å². The van der Waals surface area contributed by atoms with E-state index in [9.17, 15) is 4.39 Å². The lowest BCUT2D eigenvalue weighted by molar-refractivity contribution is 0.237. The van der Waals surface area contributed by atoms with Gasteiger partial charge < -0.3 is 5.11 Å². The molecule has 13 heavy (non-hydrogen) atoms. The van der Waals surface area contributed by atoms with Crippen molar-refractivity contribution in [2.75, 3.05) is 6.61 Å². The van der Waals surface area contributed by atoms with Crippen LogP contribution in [0.15, 0.2) is 22.7 Å². The Morgan fingerprint density at radius 1 is 1.54 bits per heavy atom. The molecule has 0 saturated heterocycles. The summed E-state index contributed by atoms with van der Waals surface area (Å²) in [6.45, 7) is 2.06. The van der Waals surface area contributed by atoms with Crippen LogP contribution < -0.4 is 0 Å². The van der Waals surface area contributed by atoms with Crippen LogP contribution in [0.5, 0.6) is 0 Å². The smallest absolute Gasteiger partial charge is 0.123 e. The Labute approximate surface area is 85.7 Å². The molecule has 0 radical (unpaired) electrons. The number of aliphatic hydroxyl groups is 1. The van der Waals surface area contributed by atoms with Crippen LogP contribution in [0, 0.1) is 11.7 Å². The summed E-state index contributed by atoms with van der Waals surface area (Å²) in [7, 11) is 0. The van der Waals surface area contributed by atoms with Gasteiger partial charge in [0.15, 0.2) is 0 Å². The van der Waals surface area contributed by atoms with Gasteiger partial charge in [-0.1, -0.05) is 22.9 Å². The summed E-state index contributed by atoms with van der Waals surface area (Å²) in [6, 6.07) is 4.60. The Kier molecular flexibility index (Phi) is 3.88. The number of aliphatic hydroxyl groups excluding tert-OH is 1. The first-order valence-corrected chi connectivity index (χ1v) is 4.97. The van der Waals surface area contributed by atoms with Crippen LogP contribution in [0.25, 0.3) is 0 Å². The van der Waals surface area contributed by atoms with Gasteiger partial charge >= 0.3 is 0 Å². The maximum Gasteiger partial charge on any atom is 0.123 e. The Morgan fingerprint density at radius 2 is 2.23 bits per heavy atom. The van der Waals surface area contributed by atoms with E-state index in [1.807, 2.05) is 6.92 Å². The molecule has 0 aliphatic rings. The zero-order chi connectivity index (χ0) is 9.84. The van der Waals surface area contributed by atoms with Gasteiger partial charge in [-0.25, -0.2) is 4.39 Å². The van der Waals surface area contributed by atoms with E-state index >= 15 is 0 Å². The molecule has 1 rings (SSSR count). The summed E-state index contributed by atoms with van der Waals surface area (Å²) in [5, 5.41) is 8.85. The van der Waals surface area contributed by atoms with Gasteiger partial charge in [0.1, 0.15) is 5.82 Å². The molecule has 1 nitrogen and oxygen atoms in total. The van der Waals surface area contributed by atoms with Gasteiger partial charge in [0.2, 0.25) is 0 Å². The molecule has 0 amide bonds. The largest absolute Gasteiger partial charge is 0.396 e. The molecule has 0 aliphatic carbocycles. The standard InChI is InChI=1S/C10H12BrFO/c1-7(6-13)4-8-5-9(12)2-3-10(8)11/h2-3,5,7,13H,4,6H2,1H3. The molecule has 0 bridgehead atoms. The minimum atomic E-state index is -0.233. The molecule has 72 valence electrons. The van der Waals surface area contributed by atoms with Crippen molar-refractivity contribution in [3.05, 3.63) is 34.1 Å². The number of benzene rings is 1. The lowest BCUT2D eigenvalue weighted by Gasteiger charge is -2.09. The van der Waals surface area contributed by atoms with Gasteiger partial charge in [-0.05, 0) is 36.1 Å². The molecule has 1 N–H and O–H groups in total. The molecule has 0 fully saturated rings. The van der Waals surface area contributed by atoms with E-state index in [1.54, 1.807) is 6.07 Å². The van der Waals surface area contributed by atoms with Gasteiger partial charge in [0.25, 0.3) is 0 Å². The Morgan fingerprint density at radius 3 is 2.85 bits per heavy atom. The predicted molar refractivity (Wildman–Crippen MR) is 54.1 cm³/mol. The zero-order valence-electron chi connectivity index (χ0n) is 7.43. The van der Waals surface area contributed by atoms with Gasteiger partial charge in [0, 0.05) is 11.1 Å². The first kappa shape index (κ1) is 10.7. The van der Waals surface area contributed by atoms with Crippen molar-refractivity contribution in [1.29, 1.82) is 0 Å². The van der Waals surface area contributed by atoms with Crippen molar-refractivity contribution in [3.8, 4) is 0 Å². The van der Waals surface area contributed by atoms with Crippen LogP contribution in [0.2, 0.25) is 0 Å². The third-order valence-corrected chi connectivity index (χ3v) is 2.66. The summed E-state index contributed by atoms with van der Waals surface area (Å²) >= 11 is 3.34. The van der Waals surface area contributed by atoms with Gasteiger partial charge in [0.05, 0.1) is 0 Å². The van der Waals surface area contributed by atoms with Crippen LogP contribution in [-0.4, -0.2) is 11.7 Å². The fourth-order valence-corrected chi connectivity index (χ4v) is 1.55. The molecule has 0 aromatic heterocycles. The summed E-state index contributed by atoms with van der Waals surface area (Å²) in [5.41, 5.74) is 0.904. The molecule has 0 spiro atoms. The fraction of sp³-hybridized carbons (Fsp3) is 0.400. The molecule has 1 aromatic carbocycles. The summed E-state index contributed by atoms with van der Waals surface area (Å²) in [6.07, 6.45) is 0.689. The molecule has 0 aliphatic heterocycles. The highest BCUT2D eigenvalue weighted by Gasteiger charge is 2.06. The summed E-state index contributed by atoms with van der Waals surface area (Å²) in [4.78, 5) is 0. The van der Waals surface area contributed by atoms with E-state index in [2.05, 4.69) is 15.9 Å². The van der Waals surface area contributed by atoms with Crippen molar-refractivity contribution >= 4 is 15.9 Å². The van der Waals surface area contributed by atoms with Crippen LogP contribution in [0.4, 0.5) is 4.39 Å². The van der Waals surface area contributed by atoms with Crippen molar-refractivity contribution < 1.29 is 9.50 Å². The Balaban J connectivity index is 2.81. The highest BCUT2D eigenvalue weighted by atomic mass is 79.9. The second-order valence-electron chi connectivity index (χ2n) is 3.23. The molecule has 1 unspecified atom stereocenters. The minimum absolute atomic E-state index is 0.128. The van der Waals surface area contributed by atoms with Gasteiger partial charge in [-0.3, -0.25) is 0 Å². The van der Waals surface area contributed by atoms with Crippen LogP contribution in [-0.2, 0) is 6.42 Å². The first-order valence-electron chi connectivity index (χ1n) is 4.18. The molecular weight excluding hydrogens is 235 g/mol. The first-order chi connectivity index (χ1) is 6.13. The highest BCUT2D eigenvalue weighted by molar-refractivity contribution is 9.10. The quantitative estimate of drug-likeness (QED) is 0.870. The van der Waals surface area contributed by atoms with Crippen molar-refractivity contribution in [2.24, 2.45) is 5.92 Å². The van der Waals surface area contributed by atoms with Crippen LogP contribution in [0.3, 0.4) is 0 Å². The molecule has 1 aromatic rings. The van der Waals surface area contributed by atoms with Crippen LogP contribution in [0.1, 0.15) is 12.5 Å². The minimum Gasteiger partial charge on any atom is -0.396 e. The monoisotopic (exact) mass is 246 g/mol. The topological polar surface area (TPSA) is 20.2 Å². The van der Waals surface area contributed by atoms with E-state index in [4.69, 9.17) is 5.11 Å². The number of halogens is 2. The summed E-state index contributed by atoms with van der Waals surface area (Å²) in [5.74, 6) is -0.0681. The van der Waals surface area contributed by atoms with E-state index in [-0.39, 0.29) is 18.3 Å². The number of hydrogen-bond donors (Lipinski definition) is 1. The fourth-order valence-electron chi connectivity index (χ4n) is 1.14. The molecule has 0 heterocycles. The summed E-state index contributed by atoms with van der Waals surface area (Å²) < 4.78 is 13.7. The number of rotatable bonds is 3. The zero-order valence-corrected chi connectivity index (χ0v) is 9.01.